The maximum atomic E-state index is 11.5. The van der Waals surface area contributed by atoms with Crippen LogP contribution in [0.2, 0.25) is 5.02 Å². The van der Waals surface area contributed by atoms with E-state index in [9.17, 15) is 14.7 Å². The number of hydrogen-bond acceptors (Lipinski definition) is 6. The smallest absolute Gasteiger partial charge is 0.349 e. The molecule has 0 amide bonds. The average Bonchev–Trinajstić information content (AvgIpc) is 3.07. The Bertz CT molecular complexity index is 1150. The van der Waals surface area contributed by atoms with Crippen LogP contribution in [0.25, 0.3) is 10.4 Å². The molecule has 0 aliphatic heterocycles. The Balaban J connectivity index is 1.86. The summed E-state index contributed by atoms with van der Waals surface area (Å²) in [7, 11) is 0. The number of ether oxygens (including phenoxy) is 1. The molecule has 0 saturated heterocycles. The van der Waals surface area contributed by atoms with Crippen molar-refractivity contribution < 1.29 is 24.5 Å². The molecule has 7 nitrogen and oxygen atoms in total. The number of benzene rings is 2. The molecule has 0 aliphatic rings. The second kappa shape index (κ2) is 9.31. The Morgan fingerprint density at radius 1 is 1.17 bits per heavy atom. The summed E-state index contributed by atoms with van der Waals surface area (Å²) in [5, 5.41) is 30.5. The molecule has 0 unspecified atom stereocenters. The van der Waals surface area contributed by atoms with E-state index in [4.69, 9.17) is 26.7 Å². The number of carboxylic acids is 2. The van der Waals surface area contributed by atoms with Crippen LogP contribution in [0, 0.1) is 11.3 Å². The van der Waals surface area contributed by atoms with Crippen LogP contribution < -0.4 is 10.1 Å². The van der Waals surface area contributed by atoms with Crippen LogP contribution in [0.15, 0.2) is 48.5 Å². The number of nitrogens with zero attached hydrogens (tertiary/aromatic N) is 1. The number of thiophene rings is 1. The molecule has 3 N–H and O–H groups in total. The molecule has 0 atom stereocenters. The average molecular weight is 443 g/mol. The Kier molecular flexibility index (Phi) is 6.57. The minimum atomic E-state index is -1.25. The minimum absolute atomic E-state index is 0.0533. The summed E-state index contributed by atoms with van der Waals surface area (Å²) in [4.78, 5) is 22.6. The predicted molar refractivity (Wildman–Crippen MR) is 113 cm³/mol. The standard InChI is InChI=1S/C21H15ClN2O5S/c22-17-18(29-11-16(25)26)20(21(27)28)30-19(17)14-5-2-6-15(8-14)24-10-13-4-1-3-12(7-13)9-23/h1-8,24H,10-11H2,(H,25,26)(H,27,28). The highest BCUT2D eigenvalue weighted by Crippen LogP contribution is 2.45. The number of aromatic carboxylic acids is 1. The number of aliphatic carboxylic acids is 1. The van der Waals surface area contributed by atoms with Crippen molar-refractivity contribution >= 4 is 40.6 Å². The van der Waals surface area contributed by atoms with Crippen molar-refractivity contribution in [2.45, 2.75) is 6.54 Å². The Morgan fingerprint density at radius 2 is 1.93 bits per heavy atom. The highest BCUT2D eigenvalue weighted by molar-refractivity contribution is 7.18. The van der Waals surface area contributed by atoms with Crippen molar-refractivity contribution in [3.63, 3.8) is 0 Å². The van der Waals surface area contributed by atoms with Crippen LogP contribution in [0.5, 0.6) is 5.75 Å². The van der Waals surface area contributed by atoms with Gasteiger partial charge < -0.3 is 20.3 Å². The first-order chi connectivity index (χ1) is 14.4. The minimum Gasteiger partial charge on any atom is -0.479 e. The number of nitrogens with one attached hydrogen (secondary N) is 1. The maximum Gasteiger partial charge on any atom is 0.349 e. The van der Waals surface area contributed by atoms with Crippen molar-refractivity contribution in [1.29, 1.82) is 5.26 Å². The highest BCUT2D eigenvalue weighted by Gasteiger charge is 2.24. The molecule has 0 bridgehead atoms. The Morgan fingerprint density at radius 3 is 2.63 bits per heavy atom. The molecule has 3 aromatic rings. The van der Waals surface area contributed by atoms with Gasteiger partial charge >= 0.3 is 11.9 Å². The second-order valence-corrected chi connectivity index (χ2v) is 7.54. The van der Waals surface area contributed by atoms with E-state index in [1.54, 1.807) is 30.3 Å². The van der Waals surface area contributed by atoms with E-state index in [1.165, 1.54) is 0 Å². The normalized spacial score (nSPS) is 10.3. The molecule has 0 aliphatic carbocycles. The quantitative estimate of drug-likeness (QED) is 0.461. The van der Waals surface area contributed by atoms with Crippen LogP contribution in [0.1, 0.15) is 20.8 Å². The molecule has 0 radical (unpaired) electrons. The van der Waals surface area contributed by atoms with Gasteiger partial charge in [-0.2, -0.15) is 5.26 Å². The van der Waals surface area contributed by atoms with Crippen LogP contribution >= 0.6 is 22.9 Å². The number of anilines is 1. The van der Waals surface area contributed by atoms with Crippen molar-refractivity contribution in [2.75, 3.05) is 11.9 Å². The summed E-state index contributed by atoms with van der Waals surface area (Å²) in [6.45, 7) is -0.204. The SMILES string of the molecule is N#Cc1cccc(CNc2cccc(-c3sc(C(=O)O)c(OCC(=O)O)c3Cl)c2)c1. The predicted octanol–water partition coefficient (Wildman–Crippen LogP) is 4.71. The third-order valence-corrected chi connectivity index (χ3v) is 5.70. The van der Waals surface area contributed by atoms with Gasteiger partial charge in [-0.05, 0) is 35.4 Å². The van der Waals surface area contributed by atoms with Gasteiger partial charge in [0.05, 0.1) is 16.5 Å². The summed E-state index contributed by atoms with van der Waals surface area (Å²) >= 11 is 7.24. The second-order valence-electron chi connectivity index (χ2n) is 6.14. The fourth-order valence-electron chi connectivity index (χ4n) is 2.71. The molecule has 1 aromatic heterocycles. The van der Waals surface area contributed by atoms with E-state index >= 15 is 0 Å². The number of rotatable bonds is 8. The molecule has 152 valence electrons. The van der Waals surface area contributed by atoms with Gasteiger partial charge in [-0.25, -0.2) is 9.59 Å². The summed E-state index contributed by atoms with van der Waals surface area (Å²) in [5.74, 6) is -2.64. The van der Waals surface area contributed by atoms with E-state index in [2.05, 4.69) is 11.4 Å². The molecule has 30 heavy (non-hydrogen) atoms. The summed E-state index contributed by atoms with van der Waals surface area (Å²) < 4.78 is 5.11. The molecule has 1 heterocycles. The van der Waals surface area contributed by atoms with Crippen LogP contribution in [0.4, 0.5) is 5.69 Å². The summed E-state index contributed by atoms with van der Waals surface area (Å²) in [6, 6.07) is 16.5. The number of nitriles is 1. The Labute approximate surface area is 180 Å². The van der Waals surface area contributed by atoms with Crippen molar-refractivity contribution in [3.05, 3.63) is 69.6 Å². The van der Waals surface area contributed by atoms with Gasteiger partial charge in [-0.1, -0.05) is 35.9 Å². The lowest BCUT2D eigenvalue weighted by molar-refractivity contribution is -0.139. The van der Waals surface area contributed by atoms with E-state index in [0.29, 0.717) is 22.5 Å². The maximum absolute atomic E-state index is 11.5. The fraction of sp³-hybridized carbons (Fsp3) is 0.0952. The molecule has 0 spiro atoms. The van der Waals surface area contributed by atoms with Crippen molar-refractivity contribution in [3.8, 4) is 22.3 Å². The van der Waals surface area contributed by atoms with Crippen LogP contribution in [0.3, 0.4) is 0 Å². The molecule has 0 saturated carbocycles. The van der Waals surface area contributed by atoms with Crippen LogP contribution in [-0.4, -0.2) is 28.8 Å². The van der Waals surface area contributed by atoms with Crippen LogP contribution in [-0.2, 0) is 11.3 Å². The van der Waals surface area contributed by atoms with E-state index in [0.717, 1.165) is 22.6 Å². The van der Waals surface area contributed by atoms with E-state index in [1.807, 2.05) is 18.2 Å². The van der Waals surface area contributed by atoms with Gasteiger partial charge in [0.15, 0.2) is 17.2 Å². The monoisotopic (exact) mass is 442 g/mol. The zero-order valence-electron chi connectivity index (χ0n) is 15.4. The summed E-state index contributed by atoms with van der Waals surface area (Å²) in [5.41, 5.74) is 2.94. The van der Waals surface area contributed by atoms with Crippen molar-refractivity contribution in [2.24, 2.45) is 0 Å². The third-order valence-electron chi connectivity index (χ3n) is 4.02. The van der Waals surface area contributed by atoms with Gasteiger partial charge in [-0.15, -0.1) is 11.3 Å². The highest BCUT2D eigenvalue weighted by atomic mass is 35.5. The number of carboxylic acid groups (broad SMARTS) is 2. The molecular formula is C21H15ClN2O5S. The lowest BCUT2D eigenvalue weighted by Gasteiger charge is -2.09. The van der Waals surface area contributed by atoms with E-state index < -0.39 is 18.5 Å². The van der Waals surface area contributed by atoms with E-state index in [-0.39, 0.29) is 15.6 Å². The Hall–Kier alpha value is -3.54. The number of hydrogen-bond donors (Lipinski definition) is 3. The first-order valence-electron chi connectivity index (χ1n) is 8.62. The molecule has 0 fully saturated rings. The molecule has 3 rings (SSSR count). The molecule has 9 heteroatoms. The topological polar surface area (TPSA) is 120 Å². The van der Waals surface area contributed by atoms with Gasteiger partial charge in [-0.3, -0.25) is 0 Å². The largest absolute Gasteiger partial charge is 0.479 e. The fourth-order valence-corrected chi connectivity index (χ4v) is 4.11. The molecule has 2 aromatic carbocycles. The third kappa shape index (κ3) is 4.89. The van der Waals surface area contributed by atoms with Gasteiger partial charge in [0.25, 0.3) is 0 Å². The number of carbonyl (C=O) groups is 2. The molecular weight excluding hydrogens is 428 g/mol. The zero-order valence-corrected chi connectivity index (χ0v) is 17.0. The lowest BCUT2D eigenvalue weighted by Crippen LogP contribution is -2.10. The first kappa shape index (κ1) is 21.2. The van der Waals surface area contributed by atoms with Crippen molar-refractivity contribution in [1.82, 2.24) is 0 Å². The lowest BCUT2D eigenvalue weighted by atomic mass is 10.1. The number of halogens is 1. The van der Waals surface area contributed by atoms with Gasteiger partial charge in [0, 0.05) is 12.2 Å². The van der Waals surface area contributed by atoms with Gasteiger partial charge in [0.1, 0.15) is 5.02 Å². The zero-order chi connectivity index (χ0) is 21.7. The van der Waals surface area contributed by atoms with Gasteiger partial charge in [0.2, 0.25) is 0 Å². The first-order valence-corrected chi connectivity index (χ1v) is 9.82. The summed E-state index contributed by atoms with van der Waals surface area (Å²) in [6.07, 6.45) is 0.